The highest BCUT2D eigenvalue weighted by atomic mass is 16.1. The molecule has 0 radical (unpaired) electrons. The molecular weight excluding hydrogens is 324 g/mol. The number of carbonyl (C=O) groups is 1. The number of hydrogen-bond acceptors (Lipinski definition) is 4. The van der Waals surface area contributed by atoms with Crippen LogP contribution in [0.25, 0.3) is 0 Å². The van der Waals surface area contributed by atoms with E-state index in [-0.39, 0.29) is 5.91 Å². The van der Waals surface area contributed by atoms with Gasteiger partial charge >= 0.3 is 0 Å². The Balaban J connectivity index is 1.44. The zero-order valence-corrected chi connectivity index (χ0v) is 16.0. The topological polar surface area (TPSA) is 47.6 Å². The van der Waals surface area contributed by atoms with Crippen LogP contribution in [0.1, 0.15) is 44.9 Å². The van der Waals surface area contributed by atoms with Gasteiger partial charge in [-0.1, -0.05) is 31.4 Å². The number of hydrogen-bond donors (Lipinski definition) is 2. The van der Waals surface area contributed by atoms with E-state index in [0.717, 1.165) is 37.6 Å². The fourth-order valence-electron chi connectivity index (χ4n) is 3.98. The van der Waals surface area contributed by atoms with Crippen molar-refractivity contribution in [3.05, 3.63) is 24.3 Å². The van der Waals surface area contributed by atoms with Crippen LogP contribution in [0.3, 0.4) is 0 Å². The first-order valence-electron chi connectivity index (χ1n) is 10.4. The summed E-state index contributed by atoms with van der Waals surface area (Å²) in [5.41, 5.74) is 2.10. The summed E-state index contributed by atoms with van der Waals surface area (Å²) in [6.45, 7) is 6.87. The average Bonchev–Trinajstić information content (AvgIpc) is 2.96. The third-order valence-electron chi connectivity index (χ3n) is 5.46. The second kappa shape index (κ2) is 10.5. The monoisotopic (exact) mass is 358 g/mol. The molecule has 1 aromatic rings. The molecule has 2 N–H and O–H groups in total. The van der Waals surface area contributed by atoms with Crippen molar-refractivity contribution >= 4 is 17.3 Å². The number of likely N-dealkylation sites (tertiary alicyclic amines) is 1. The average molecular weight is 359 g/mol. The summed E-state index contributed by atoms with van der Waals surface area (Å²) >= 11 is 0. The molecule has 2 fully saturated rings. The van der Waals surface area contributed by atoms with E-state index in [1.807, 2.05) is 12.1 Å². The van der Waals surface area contributed by atoms with Crippen LogP contribution in [0.15, 0.2) is 24.3 Å². The lowest BCUT2D eigenvalue weighted by Crippen LogP contribution is -2.38. The number of carbonyl (C=O) groups excluding carboxylic acids is 1. The summed E-state index contributed by atoms with van der Waals surface area (Å²) in [4.78, 5) is 17.3. The van der Waals surface area contributed by atoms with Crippen molar-refractivity contribution in [2.75, 3.05) is 56.0 Å². The molecular formula is C21H34N4O. The van der Waals surface area contributed by atoms with Crippen LogP contribution >= 0.6 is 0 Å². The van der Waals surface area contributed by atoms with Crippen molar-refractivity contribution < 1.29 is 4.79 Å². The molecule has 2 heterocycles. The fourth-order valence-corrected chi connectivity index (χ4v) is 3.98. The predicted molar refractivity (Wildman–Crippen MR) is 109 cm³/mol. The van der Waals surface area contributed by atoms with Crippen molar-refractivity contribution in [1.82, 2.24) is 10.2 Å². The van der Waals surface area contributed by atoms with Crippen LogP contribution in [0, 0.1) is 0 Å². The molecule has 0 aliphatic carbocycles. The van der Waals surface area contributed by atoms with Gasteiger partial charge in [-0.3, -0.25) is 4.79 Å². The van der Waals surface area contributed by atoms with E-state index in [2.05, 4.69) is 32.6 Å². The number of rotatable bonds is 7. The Morgan fingerprint density at radius 2 is 1.54 bits per heavy atom. The SMILES string of the molecule is O=C(CNCCN1CCCCC1)Nc1ccccc1N1CCCCCC1. The van der Waals surface area contributed by atoms with Crippen molar-refractivity contribution in [3.63, 3.8) is 0 Å². The zero-order valence-electron chi connectivity index (χ0n) is 16.0. The van der Waals surface area contributed by atoms with E-state index < -0.39 is 0 Å². The maximum atomic E-state index is 12.4. The standard InChI is InChI=1S/C21H34N4O/c26-21(18-22-12-17-24-13-6-3-7-14-24)23-19-10-4-5-11-20(19)25-15-8-1-2-9-16-25/h4-5,10-11,22H,1-3,6-9,12-18H2,(H,23,26). The number of piperidine rings is 1. The van der Waals surface area contributed by atoms with Gasteiger partial charge in [0.25, 0.3) is 0 Å². The molecule has 0 unspecified atom stereocenters. The van der Waals surface area contributed by atoms with Crippen LogP contribution < -0.4 is 15.5 Å². The molecule has 2 saturated heterocycles. The number of anilines is 2. The highest BCUT2D eigenvalue weighted by Gasteiger charge is 2.15. The number of nitrogens with one attached hydrogen (secondary N) is 2. The highest BCUT2D eigenvalue weighted by Crippen LogP contribution is 2.27. The summed E-state index contributed by atoms with van der Waals surface area (Å²) in [5, 5.41) is 6.40. The van der Waals surface area contributed by atoms with E-state index in [0.29, 0.717) is 6.54 Å². The van der Waals surface area contributed by atoms with Crippen molar-refractivity contribution in [1.29, 1.82) is 0 Å². The van der Waals surface area contributed by atoms with Gasteiger partial charge in [0.2, 0.25) is 5.91 Å². The Hall–Kier alpha value is -1.59. The normalized spacial score (nSPS) is 19.2. The van der Waals surface area contributed by atoms with Crippen molar-refractivity contribution in [2.24, 2.45) is 0 Å². The predicted octanol–water partition coefficient (Wildman–Crippen LogP) is 3.08. The van der Waals surface area contributed by atoms with Crippen molar-refractivity contribution in [2.45, 2.75) is 44.9 Å². The Bertz CT molecular complexity index is 549. The summed E-state index contributed by atoms with van der Waals surface area (Å²) in [6.07, 6.45) is 9.09. The number of amides is 1. The molecule has 26 heavy (non-hydrogen) atoms. The first-order valence-corrected chi connectivity index (χ1v) is 10.4. The van der Waals surface area contributed by atoms with E-state index >= 15 is 0 Å². The van der Waals surface area contributed by atoms with E-state index in [9.17, 15) is 4.79 Å². The third kappa shape index (κ3) is 5.99. The molecule has 0 aromatic heterocycles. The smallest absolute Gasteiger partial charge is 0.238 e. The van der Waals surface area contributed by atoms with Crippen LogP contribution in [0.2, 0.25) is 0 Å². The second-order valence-electron chi connectivity index (χ2n) is 7.55. The van der Waals surface area contributed by atoms with Gasteiger partial charge in [-0.25, -0.2) is 0 Å². The van der Waals surface area contributed by atoms with E-state index in [1.165, 1.54) is 58.0 Å². The van der Waals surface area contributed by atoms with Crippen LogP contribution in [0.4, 0.5) is 11.4 Å². The van der Waals surface area contributed by atoms with Gasteiger partial charge in [-0.2, -0.15) is 0 Å². The number of para-hydroxylation sites is 2. The Labute approximate surface area is 158 Å². The van der Waals surface area contributed by atoms with Gasteiger partial charge in [0.1, 0.15) is 0 Å². The Morgan fingerprint density at radius 3 is 2.31 bits per heavy atom. The first-order chi connectivity index (χ1) is 12.8. The number of benzene rings is 1. The summed E-state index contributed by atoms with van der Waals surface area (Å²) < 4.78 is 0. The highest BCUT2D eigenvalue weighted by molar-refractivity contribution is 5.95. The van der Waals surface area contributed by atoms with E-state index in [4.69, 9.17) is 0 Å². The molecule has 0 spiro atoms. The Morgan fingerprint density at radius 1 is 0.885 bits per heavy atom. The summed E-state index contributed by atoms with van der Waals surface area (Å²) in [5.74, 6) is 0.0471. The molecule has 0 saturated carbocycles. The second-order valence-corrected chi connectivity index (χ2v) is 7.55. The van der Waals surface area contributed by atoms with Gasteiger partial charge in [-0.05, 0) is 50.9 Å². The molecule has 2 aliphatic heterocycles. The van der Waals surface area contributed by atoms with Crippen molar-refractivity contribution in [3.8, 4) is 0 Å². The van der Waals surface area contributed by atoms with Crippen LogP contribution in [0.5, 0.6) is 0 Å². The summed E-state index contributed by atoms with van der Waals surface area (Å²) in [6, 6.07) is 8.21. The first kappa shape index (κ1) is 19.2. The maximum absolute atomic E-state index is 12.4. The molecule has 5 heteroatoms. The molecule has 2 aliphatic rings. The minimum absolute atomic E-state index is 0.0471. The molecule has 1 amide bonds. The summed E-state index contributed by atoms with van der Waals surface area (Å²) in [7, 11) is 0. The largest absolute Gasteiger partial charge is 0.370 e. The third-order valence-corrected chi connectivity index (χ3v) is 5.46. The quantitative estimate of drug-likeness (QED) is 0.736. The van der Waals surface area contributed by atoms with Gasteiger partial charge < -0.3 is 20.4 Å². The van der Waals surface area contributed by atoms with Gasteiger partial charge in [0, 0.05) is 26.2 Å². The zero-order chi connectivity index (χ0) is 18.0. The molecule has 0 atom stereocenters. The maximum Gasteiger partial charge on any atom is 0.238 e. The van der Waals surface area contributed by atoms with E-state index in [1.54, 1.807) is 0 Å². The molecule has 5 nitrogen and oxygen atoms in total. The van der Waals surface area contributed by atoms with Gasteiger partial charge in [0.05, 0.1) is 17.9 Å². The molecule has 144 valence electrons. The lowest BCUT2D eigenvalue weighted by molar-refractivity contribution is -0.115. The van der Waals surface area contributed by atoms with Gasteiger partial charge in [-0.15, -0.1) is 0 Å². The number of nitrogens with zero attached hydrogens (tertiary/aromatic N) is 2. The van der Waals surface area contributed by atoms with Crippen LogP contribution in [-0.4, -0.2) is 56.6 Å². The lowest BCUT2D eigenvalue weighted by Gasteiger charge is -2.26. The lowest BCUT2D eigenvalue weighted by atomic mass is 10.1. The minimum Gasteiger partial charge on any atom is -0.370 e. The fraction of sp³-hybridized carbons (Fsp3) is 0.667. The minimum atomic E-state index is 0.0471. The molecule has 0 bridgehead atoms. The Kier molecular flexibility index (Phi) is 7.77. The van der Waals surface area contributed by atoms with Gasteiger partial charge in [0.15, 0.2) is 0 Å². The molecule has 1 aromatic carbocycles. The molecule has 3 rings (SSSR count). The van der Waals surface area contributed by atoms with Crippen LogP contribution in [-0.2, 0) is 4.79 Å².